The molecule has 1 N–H and O–H groups in total. The number of nitrogens with zero attached hydrogens (tertiary/aromatic N) is 1. The summed E-state index contributed by atoms with van der Waals surface area (Å²) < 4.78 is 5.31. The lowest BCUT2D eigenvalue weighted by molar-refractivity contribution is -0.116. The van der Waals surface area contributed by atoms with Crippen molar-refractivity contribution >= 4 is 17.7 Å². The maximum atomic E-state index is 12.2. The Labute approximate surface area is 122 Å². The summed E-state index contributed by atoms with van der Waals surface area (Å²) in [5, 5.41) is 10.1. The van der Waals surface area contributed by atoms with E-state index < -0.39 is 0 Å². The highest BCUT2D eigenvalue weighted by molar-refractivity contribution is 6.14. The number of aliphatic hydroxyl groups is 1. The Morgan fingerprint density at radius 2 is 1.95 bits per heavy atom. The molecule has 0 fully saturated rings. The van der Waals surface area contributed by atoms with Crippen molar-refractivity contribution < 1.29 is 14.3 Å². The van der Waals surface area contributed by atoms with Gasteiger partial charge in [-0.25, -0.2) is 0 Å². The van der Waals surface area contributed by atoms with Gasteiger partial charge in [0, 0.05) is 25.0 Å². The Bertz CT molecular complexity index is 684. The fraction of sp³-hybridized carbons (Fsp3) is 0.176. The first kappa shape index (κ1) is 13.4. The molecule has 1 aliphatic rings. The maximum absolute atomic E-state index is 12.2. The predicted molar refractivity (Wildman–Crippen MR) is 79.9 cm³/mol. The minimum atomic E-state index is -0.111. The Balaban J connectivity index is 1.81. The van der Waals surface area contributed by atoms with E-state index in [0.717, 1.165) is 11.4 Å². The second kappa shape index (κ2) is 5.79. The van der Waals surface area contributed by atoms with Gasteiger partial charge in [-0.05, 0) is 24.3 Å². The zero-order chi connectivity index (χ0) is 14.7. The number of ketones is 1. The second-order valence-electron chi connectivity index (χ2n) is 5.00. The van der Waals surface area contributed by atoms with Crippen molar-refractivity contribution in [1.82, 2.24) is 0 Å². The Morgan fingerprint density at radius 1 is 1.14 bits per heavy atom. The summed E-state index contributed by atoms with van der Waals surface area (Å²) in [7, 11) is 0. The molecule has 0 spiro atoms. The van der Waals surface area contributed by atoms with Crippen LogP contribution in [0, 0.1) is 0 Å². The normalized spacial score (nSPS) is 19.4. The highest BCUT2D eigenvalue weighted by Crippen LogP contribution is 2.33. The van der Waals surface area contributed by atoms with Crippen molar-refractivity contribution in [2.45, 2.75) is 18.8 Å². The summed E-state index contributed by atoms with van der Waals surface area (Å²) in [4.78, 5) is 16.4. The predicted octanol–water partition coefficient (Wildman–Crippen LogP) is 3.94. The van der Waals surface area contributed by atoms with E-state index in [1.165, 1.54) is 6.21 Å². The first-order valence-electron chi connectivity index (χ1n) is 6.82. The Morgan fingerprint density at radius 3 is 2.62 bits per heavy atom. The second-order valence-corrected chi connectivity index (χ2v) is 5.00. The van der Waals surface area contributed by atoms with Crippen molar-refractivity contribution in [3.63, 3.8) is 0 Å². The van der Waals surface area contributed by atoms with Crippen molar-refractivity contribution in [3.8, 4) is 0 Å². The minimum absolute atomic E-state index is 0.0762. The minimum Gasteiger partial charge on any atom is -0.511 e. The molecule has 1 aliphatic carbocycles. The van der Waals surface area contributed by atoms with Gasteiger partial charge < -0.3 is 9.52 Å². The van der Waals surface area contributed by atoms with Crippen LogP contribution in [0.15, 0.2) is 69.5 Å². The molecule has 1 unspecified atom stereocenters. The molecule has 0 radical (unpaired) electrons. The van der Waals surface area contributed by atoms with E-state index in [-0.39, 0.29) is 17.5 Å². The van der Waals surface area contributed by atoms with Crippen LogP contribution in [0.4, 0.5) is 5.69 Å². The largest absolute Gasteiger partial charge is 0.511 e. The molecule has 0 amide bonds. The monoisotopic (exact) mass is 281 g/mol. The third-order valence-electron chi connectivity index (χ3n) is 3.53. The summed E-state index contributed by atoms with van der Waals surface area (Å²) in [5.74, 6) is 0.600. The molecule has 1 aromatic heterocycles. The van der Waals surface area contributed by atoms with Gasteiger partial charge in [-0.1, -0.05) is 18.2 Å². The van der Waals surface area contributed by atoms with Gasteiger partial charge >= 0.3 is 0 Å². The van der Waals surface area contributed by atoms with E-state index in [4.69, 9.17) is 4.42 Å². The van der Waals surface area contributed by atoms with Gasteiger partial charge in [0.15, 0.2) is 5.78 Å². The van der Waals surface area contributed by atoms with E-state index >= 15 is 0 Å². The number of furan rings is 1. The first-order chi connectivity index (χ1) is 10.2. The molecule has 0 bridgehead atoms. The number of carbonyl (C=O) groups excluding carboxylic acids is 1. The van der Waals surface area contributed by atoms with Gasteiger partial charge in [0.2, 0.25) is 0 Å². The summed E-state index contributed by atoms with van der Waals surface area (Å²) >= 11 is 0. The fourth-order valence-corrected chi connectivity index (χ4v) is 2.43. The van der Waals surface area contributed by atoms with E-state index in [1.54, 1.807) is 12.3 Å². The number of Topliss-reactive ketones (excluding diaryl/α,β-unsaturated/α-hetero) is 1. The van der Waals surface area contributed by atoms with Crippen molar-refractivity contribution in [1.29, 1.82) is 0 Å². The van der Waals surface area contributed by atoms with E-state index in [2.05, 4.69) is 4.99 Å². The zero-order valence-electron chi connectivity index (χ0n) is 11.4. The maximum Gasteiger partial charge on any atom is 0.168 e. The van der Waals surface area contributed by atoms with Crippen LogP contribution in [0.25, 0.3) is 0 Å². The van der Waals surface area contributed by atoms with Crippen LogP contribution in [0.1, 0.15) is 24.5 Å². The first-order valence-corrected chi connectivity index (χ1v) is 6.82. The third kappa shape index (κ3) is 2.94. The van der Waals surface area contributed by atoms with Gasteiger partial charge in [-0.15, -0.1) is 0 Å². The number of carbonyl (C=O) groups is 1. The summed E-state index contributed by atoms with van der Waals surface area (Å²) in [6, 6.07) is 12.9. The quantitative estimate of drug-likeness (QED) is 0.867. The molecule has 0 aliphatic heterocycles. The van der Waals surface area contributed by atoms with Crippen LogP contribution in [-0.2, 0) is 4.79 Å². The van der Waals surface area contributed by atoms with Crippen molar-refractivity contribution in [2.75, 3.05) is 0 Å². The fourth-order valence-electron chi connectivity index (χ4n) is 2.43. The molecule has 4 nitrogen and oxygen atoms in total. The SMILES string of the molecule is O=C1CC(c2ccco2)CC(O)=C1C=Nc1ccccc1. The van der Waals surface area contributed by atoms with Crippen LogP contribution in [0.2, 0.25) is 0 Å². The Kier molecular flexibility index (Phi) is 3.69. The lowest BCUT2D eigenvalue weighted by Gasteiger charge is -2.20. The van der Waals surface area contributed by atoms with Crippen LogP contribution in [-0.4, -0.2) is 17.1 Å². The summed E-state index contributed by atoms with van der Waals surface area (Å²) in [6.45, 7) is 0. The molecular weight excluding hydrogens is 266 g/mol. The molecule has 0 saturated heterocycles. The van der Waals surface area contributed by atoms with Gasteiger partial charge in [0.05, 0.1) is 17.5 Å². The smallest absolute Gasteiger partial charge is 0.168 e. The van der Waals surface area contributed by atoms with Gasteiger partial charge in [-0.2, -0.15) is 0 Å². The van der Waals surface area contributed by atoms with Crippen LogP contribution < -0.4 is 0 Å². The number of benzene rings is 1. The number of hydrogen-bond donors (Lipinski definition) is 1. The molecule has 4 heteroatoms. The number of rotatable bonds is 3. The van der Waals surface area contributed by atoms with Gasteiger partial charge in [0.1, 0.15) is 11.5 Å². The van der Waals surface area contributed by atoms with Crippen LogP contribution in [0.5, 0.6) is 0 Å². The number of aliphatic imine (C=N–C) groups is 1. The van der Waals surface area contributed by atoms with Crippen molar-refractivity contribution in [2.24, 2.45) is 4.99 Å². The molecule has 21 heavy (non-hydrogen) atoms. The third-order valence-corrected chi connectivity index (χ3v) is 3.53. The van der Waals surface area contributed by atoms with Crippen LogP contribution >= 0.6 is 0 Å². The van der Waals surface area contributed by atoms with E-state index in [1.807, 2.05) is 36.4 Å². The number of hydrogen-bond acceptors (Lipinski definition) is 4. The highest BCUT2D eigenvalue weighted by atomic mass is 16.3. The van der Waals surface area contributed by atoms with E-state index in [0.29, 0.717) is 18.4 Å². The molecule has 106 valence electrons. The highest BCUT2D eigenvalue weighted by Gasteiger charge is 2.29. The Hall–Kier alpha value is -2.62. The molecule has 0 saturated carbocycles. The van der Waals surface area contributed by atoms with Crippen LogP contribution in [0.3, 0.4) is 0 Å². The molecule has 2 aromatic rings. The number of aliphatic hydroxyl groups excluding tert-OH is 1. The van der Waals surface area contributed by atoms with Gasteiger partial charge in [-0.3, -0.25) is 9.79 Å². The molecule has 3 rings (SSSR count). The lowest BCUT2D eigenvalue weighted by Crippen LogP contribution is -2.18. The average Bonchev–Trinajstić information content (AvgIpc) is 3.01. The lowest BCUT2D eigenvalue weighted by atomic mass is 9.86. The van der Waals surface area contributed by atoms with Gasteiger partial charge in [0.25, 0.3) is 0 Å². The molecule has 1 heterocycles. The summed E-state index contributed by atoms with van der Waals surface area (Å²) in [5.41, 5.74) is 1.04. The van der Waals surface area contributed by atoms with Crippen molar-refractivity contribution in [3.05, 3.63) is 65.8 Å². The average molecular weight is 281 g/mol. The molecule has 1 aromatic carbocycles. The topological polar surface area (TPSA) is 62.8 Å². The standard InChI is InChI=1S/C17H15NO3/c19-15-9-12(17-7-4-8-21-17)10-16(20)14(15)11-18-13-5-2-1-3-6-13/h1-8,11-12,19H,9-10H2. The zero-order valence-corrected chi connectivity index (χ0v) is 11.4. The molecule has 1 atom stereocenters. The molecular formula is C17H15NO3. The summed E-state index contributed by atoms with van der Waals surface area (Å²) in [6.07, 6.45) is 3.75. The number of allylic oxidation sites excluding steroid dienone is 2. The number of para-hydroxylation sites is 1. The van der Waals surface area contributed by atoms with E-state index in [9.17, 15) is 9.90 Å².